The molecule has 0 unspecified atom stereocenters. The number of pyridine rings is 1. The molecule has 0 N–H and O–H groups in total. The van der Waals surface area contributed by atoms with Gasteiger partial charge in [0.2, 0.25) is 0 Å². The van der Waals surface area contributed by atoms with Crippen LogP contribution in [0.25, 0.3) is 81.4 Å². The van der Waals surface area contributed by atoms with Crippen molar-refractivity contribution in [3.63, 3.8) is 0 Å². The fourth-order valence-electron chi connectivity index (χ4n) is 8.09. The molecular weight excluding hydrogens is 975 g/mol. The average Bonchev–Trinajstić information content (AvgIpc) is 3.83. The molecule has 10 rings (SSSR count). The van der Waals surface area contributed by atoms with Gasteiger partial charge in [0.25, 0.3) is 0 Å². The molecule has 0 saturated carbocycles. The summed E-state index contributed by atoms with van der Waals surface area (Å²) >= 11 is -0.0415. The van der Waals surface area contributed by atoms with Gasteiger partial charge >= 0.3 is 126 Å². The third kappa shape index (κ3) is 8.10. The van der Waals surface area contributed by atoms with Gasteiger partial charge in [-0.3, -0.25) is 4.98 Å². The van der Waals surface area contributed by atoms with Crippen molar-refractivity contribution in [1.82, 2.24) is 14.5 Å². The zero-order chi connectivity index (χ0) is 39.8. The van der Waals surface area contributed by atoms with Crippen molar-refractivity contribution in [3.05, 3.63) is 182 Å². The molecule has 0 atom stereocenters. The Balaban J connectivity index is 0.000000197. The Hall–Kier alpha value is -5.17. The smallest absolute Gasteiger partial charge is 0.0852 e. The molecule has 0 aliphatic heterocycles. The third-order valence-corrected chi connectivity index (χ3v) is 16.3. The number of thiophene rings is 1. The predicted octanol–water partition coefficient (Wildman–Crippen LogP) is 14.0. The summed E-state index contributed by atoms with van der Waals surface area (Å²) in [4.78, 5) is 10.1. The molecule has 0 aliphatic carbocycles. The molecule has 6 heteroatoms. The van der Waals surface area contributed by atoms with Crippen LogP contribution in [0.5, 0.6) is 0 Å². The minimum atomic E-state index is -1.86. The quantitative estimate of drug-likeness (QED) is 0.118. The van der Waals surface area contributed by atoms with Gasteiger partial charge in [0.15, 0.2) is 0 Å². The van der Waals surface area contributed by atoms with E-state index >= 15 is 0 Å². The molecule has 293 valence electrons. The summed E-state index contributed by atoms with van der Waals surface area (Å²) < 4.78 is 6.37. The second-order valence-corrected chi connectivity index (χ2v) is 28.0. The van der Waals surface area contributed by atoms with Gasteiger partial charge in [-0.15, -0.1) is 18.2 Å². The standard InChI is InChI=1S/C35H21N2S.C18H24GeN.Ir/c1-2-11-23(12-3-1)25-14-6-8-19-30(25)37-31-22-21-24-13-4-5-15-26(24)33(31)36-35(37)29-18-10-17-28-27-16-7-9-20-32(27)38-34(28)29;1-14(2)11-16-12-18(15-9-7-6-8-10-15)20-13-17(16)19(3,4)5;/h1-17,19-22H;6-9,12-14H,11H2,1-5H3;/q2*-1;. The van der Waals surface area contributed by atoms with E-state index in [4.69, 9.17) is 9.97 Å². The van der Waals surface area contributed by atoms with E-state index in [1.165, 1.54) is 42.2 Å². The van der Waals surface area contributed by atoms with Crippen molar-refractivity contribution < 1.29 is 20.1 Å². The number of fused-ring (bicyclic) bond motifs is 6. The summed E-state index contributed by atoms with van der Waals surface area (Å²) in [7, 11) is 0. The number of para-hydroxylation sites is 1. The van der Waals surface area contributed by atoms with Crippen molar-refractivity contribution >= 4 is 71.0 Å². The summed E-state index contributed by atoms with van der Waals surface area (Å²) in [6.07, 6.45) is 3.27. The van der Waals surface area contributed by atoms with Gasteiger partial charge < -0.3 is 4.57 Å². The first-order valence-electron chi connectivity index (χ1n) is 20.1. The van der Waals surface area contributed by atoms with Crippen molar-refractivity contribution in [2.45, 2.75) is 37.5 Å². The maximum absolute atomic E-state index is 5.38. The van der Waals surface area contributed by atoms with E-state index in [2.05, 4.69) is 187 Å². The molecular formula is C53H45GeIrN3S-2. The van der Waals surface area contributed by atoms with Gasteiger partial charge in [0, 0.05) is 41.4 Å². The van der Waals surface area contributed by atoms with Crippen molar-refractivity contribution in [2.75, 3.05) is 0 Å². The fourth-order valence-corrected chi connectivity index (χ4v) is 12.6. The molecule has 7 aromatic carbocycles. The van der Waals surface area contributed by atoms with E-state index in [9.17, 15) is 0 Å². The first-order valence-corrected chi connectivity index (χ1v) is 28.2. The Kier molecular flexibility index (Phi) is 11.8. The van der Waals surface area contributed by atoms with Crippen LogP contribution in [0.1, 0.15) is 19.4 Å². The summed E-state index contributed by atoms with van der Waals surface area (Å²) in [5, 5.41) is 4.88. The molecule has 0 fully saturated rings. The molecule has 0 saturated heterocycles. The normalized spacial score (nSPS) is 11.6. The summed E-state index contributed by atoms with van der Waals surface area (Å²) in [6.45, 7) is 4.57. The predicted molar refractivity (Wildman–Crippen MR) is 251 cm³/mol. The molecule has 59 heavy (non-hydrogen) atoms. The number of nitrogens with zero attached hydrogens (tertiary/aromatic N) is 3. The first kappa shape index (κ1) is 40.6. The van der Waals surface area contributed by atoms with Crippen LogP contribution < -0.4 is 4.40 Å². The third-order valence-electron chi connectivity index (χ3n) is 10.8. The van der Waals surface area contributed by atoms with Crippen LogP contribution in [0, 0.1) is 18.1 Å². The van der Waals surface area contributed by atoms with E-state index in [0.717, 1.165) is 51.2 Å². The second-order valence-electron chi connectivity index (χ2n) is 16.4. The van der Waals surface area contributed by atoms with E-state index < -0.39 is 13.3 Å². The largest absolute Gasteiger partial charge is 0.333 e. The van der Waals surface area contributed by atoms with E-state index in [0.29, 0.717) is 5.92 Å². The molecule has 10 aromatic rings. The average molecular weight is 1020 g/mol. The zero-order valence-corrected chi connectivity index (χ0v) is 39.3. The topological polar surface area (TPSA) is 30.7 Å². The number of aromatic nitrogens is 3. The Bertz CT molecular complexity index is 3050. The Morgan fingerprint density at radius 1 is 0.695 bits per heavy atom. The van der Waals surface area contributed by atoms with Gasteiger partial charge in [0.1, 0.15) is 0 Å². The van der Waals surface area contributed by atoms with Crippen molar-refractivity contribution in [1.29, 1.82) is 0 Å². The van der Waals surface area contributed by atoms with Crippen LogP contribution in [-0.2, 0) is 26.5 Å². The molecule has 1 radical (unpaired) electrons. The van der Waals surface area contributed by atoms with E-state index in [1.807, 2.05) is 35.6 Å². The van der Waals surface area contributed by atoms with Crippen LogP contribution >= 0.6 is 11.3 Å². The number of benzene rings is 7. The molecule has 3 heterocycles. The van der Waals surface area contributed by atoms with Crippen LogP contribution in [-0.4, -0.2) is 27.8 Å². The Morgan fingerprint density at radius 2 is 1.42 bits per heavy atom. The van der Waals surface area contributed by atoms with Gasteiger partial charge in [-0.2, -0.15) is 11.3 Å². The zero-order valence-electron chi connectivity index (χ0n) is 34.0. The maximum Gasteiger partial charge on any atom is 0.0852 e. The van der Waals surface area contributed by atoms with Crippen molar-refractivity contribution in [2.24, 2.45) is 5.92 Å². The molecule has 0 bridgehead atoms. The number of hydrogen-bond acceptors (Lipinski definition) is 3. The fraction of sp³-hybridized carbons (Fsp3) is 0.132. The summed E-state index contributed by atoms with van der Waals surface area (Å²) in [5.41, 5.74) is 10.2. The first-order chi connectivity index (χ1) is 28.2. The SMILES string of the molecule is CC(C)Cc1cc(-c2[c-]cccc2)nc[c]1[Ge]([CH3])([CH3])[CH3].[Ir].[c-]1ccc2c(sc3ccccc32)c1-c1nc2c3ccccc3ccc2n1-c1ccccc1-c1ccccc1. The molecule has 0 amide bonds. The molecule has 0 aliphatic rings. The maximum atomic E-state index is 5.38. The van der Waals surface area contributed by atoms with E-state index in [1.54, 1.807) is 4.40 Å². The molecule has 0 spiro atoms. The number of hydrogen-bond donors (Lipinski definition) is 0. The summed E-state index contributed by atoms with van der Waals surface area (Å²) in [6, 6.07) is 62.2. The van der Waals surface area contributed by atoms with Crippen LogP contribution in [0.4, 0.5) is 0 Å². The van der Waals surface area contributed by atoms with Gasteiger partial charge in [-0.1, -0.05) is 108 Å². The van der Waals surface area contributed by atoms with Crippen LogP contribution in [0.2, 0.25) is 17.3 Å². The van der Waals surface area contributed by atoms with Crippen LogP contribution in [0.3, 0.4) is 0 Å². The Labute approximate surface area is 367 Å². The summed E-state index contributed by atoms with van der Waals surface area (Å²) in [5.74, 6) is 8.91. The van der Waals surface area contributed by atoms with Gasteiger partial charge in [0.05, 0.1) is 16.9 Å². The Morgan fingerprint density at radius 3 is 2.20 bits per heavy atom. The molecule has 3 aromatic heterocycles. The van der Waals surface area contributed by atoms with Gasteiger partial charge in [-0.05, 0) is 39.2 Å². The minimum Gasteiger partial charge on any atom is -0.333 e. The second kappa shape index (κ2) is 17.2. The molecule has 3 nitrogen and oxygen atoms in total. The van der Waals surface area contributed by atoms with Crippen molar-refractivity contribution in [3.8, 4) is 39.5 Å². The number of imidazole rings is 1. The minimum absolute atomic E-state index is 0. The van der Waals surface area contributed by atoms with Crippen LogP contribution in [0.15, 0.2) is 164 Å². The number of rotatable bonds is 7. The monoisotopic (exact) mass is 1020 g/mol. The van der Waals surface area contributed by atoms with Gasteiger partial charge in [-0.25, -0.2) is 0 Å². The van der Waals surface area contributed by atoms with E-state index in [-0.39, 0.29) is 20.1 Å².